The van der Waals surface area contributed by atoms with Crippen molar-refractivity contribution in [3.63, 3.8) is 0 Å². The Balaban J connectivity index is 4.38. The Kier molecular flexibility index (Phi) is 13.2. The zero-order valence-corrected chi connectivity index (χ0v) is 20.3. The predicted octanol–water partition coefficient (Wildman–Crippen LogP) is 2.12. The van der Waals surface area contributed by atoms with E-state index in [0.29, 0.717) is 31.9 Å². The zero-order chi connectivity index (χ0) is 24.8. The molecule has 0 aliphatic heterocycles. The molecule has 0 radical (unpaired) electrons. The second-order valence-corrected chi connectivity index (χ2v) is 8.75. The summed E-state index contributed by atoms with van der Waals surface area (Å²) < 4.78 is 21.1. The number of rotatable bonds is 10. The molecule has 0 rings (SSSR count). The maximum atomic E-state index is 12.0. The molecule has 0 bridgehead atoms. The molecule has 0 aliphatic rings. The maximum Gasteiger partial charge on any atom is 0.414 e. The van der Waals surface area contributed by atoms with Gasteiger partial charge in [0.15, 0.2) is 0 Å². The topological polar surface area (TPSA) is 137 Å². The van der Waals surface area contributed by atoms with Gasteiger partial charge in [0.1, 0.15) is 11.2 Å². The van der Waals surface area contributed by atoms with Crippen molar-refractivity contribution in [1.82, 2.24) is 16.0 Å². The largest absolute Gasteiger partial charge is 0.444 e. The lowest BCUT2D eigenvalue weighted by Crippen LogP contribution is -2.47. The number of aliphatic imine (C=N–C) groups is 1. The number of hydrogen-bond acceptors (Lipinski definition) is 8. The van der Waals surface area contributed by atoms with Crippen LogP contribution >= 0.6 is 0 Å². The number of nitrogens with one attached hydrogen (secondary N) is 3. The van der Waals surface area contributed by atoms with Crippen LogP contribution in [0.5, 0.6) is 0 Å². The summed E-state index contributed by atoms with van der Waals surface area (Å²) in [6, 6.07) is 0. The molecule has 11 nitrogen and oxygen atoms in total. The van der Waals surface area contributed by atoms with Crippen LogP contribution in [0.4, 0.5) is 9.59 Å². The molecule has 0 atom stereocenters. The van der Waals surface area contributed by atoms with Gasteiger partial charge in [-0.25, -0.2) is 14.6 Å². The zero-order valence-electron chi connectivity index (χ0n) is 20.3. The number of hydrogen-bond donors (Lipinski definition) is 3. The first-order valence-electron chi connectivity index (χ1n) is 10.3. The van der Waals surface area contributed by atoms with Crippen LogP contribution in [-0.4, -0.2) is 74.8 Å². The first-order valence-corrected chi connectivity index (χ1v) is 10.3. The summed E-state index contributed by atoms with van der Waals surface area (Å²) in [7, 11) is 0. The van der Waals surface area contributed by atoms with Gasteiger partial charge in [0.25, 0.3) is 0 Å². The van der Waals surface area contributed by atoms with Crippen molar-refractivity contribution in [2.24, 2.45) is 4.99 Å². The van der Waals surface area contributed by atoms with Gasteiger partial charge in [0.05, 0.1) is 33.0 Å². The van der Waals surface area contributed by atoms with Crippen LogP contribution < -0.4 is 16.0 Å². The monoisotopic (exact) mass is 458 g/mol. The molecule has 0 aromatic rings. The SMILES string of the molecule is C=C(C)C(=O)NCCOCCOCCN=C(NC(=O)OC(C)(C)C)NC(=O)OC(C)(C)C. The van der Waals surface area contributed by atoms with Crippen LogP contribution in [0.1, 0.15) is 48.5 Å². The number of nitrogens with zero attached hydrogens (tertiary/aromatic N) is 1. The summed E-state index contributed by atoms with van der Waals surface area (Å²) in [5.74, 6) is -0.319. The Hall–Kier alpha value is -2.66. The molecule has 184 valence electrons. The van der Waals surface area contributed by atoms with E-state index in [-0.39, 0.29) is 25.0 Å². The minimum absolute atomic E-state index is 0.110. The van der Waals surface area contributed by atoms with Crippen LogP contribution in [0, 0.1) is 0 Å². The Morgan fingerprint density at radius 1 is 0.812 bits per heavy atom. The molecule has 0 unspecified atom stereocenters. The van der Waals surface area contributed by atoms with Crippen molar-refractivity contribution in [2.75, 3.05) is 39.5 Å². The Morgan fingerprint density at radius 2 is 1.28 bits per heavy atom. The van der Waals surface area contributed by atoms with Gasteiger partial charge in [0.2, 0.25) is 11.9 Å². The van der Waals surface area contributed by atoms with Crippen molar-refractivity contribution in [2.45, 2.75) is 59.7 Å². The number of carbonyl (C=O) groups excluding carboxylic acids is 3. The molecule has 11 heteroatoms. The fraction of sp³-hybridized carbons (Fsp3) is 0.714. The van der Waals surface area contributed by atoms with Gasteiger partial charge in [-0.2, -0.15) is 0 Å². The third-order valence-corrected chi connectivity index (χ3v) is 3.04. The second kappa shape index (κ2) is 14.4. The first-order chi connectivity index (χ1) is 14.7. The lowest BCUT2D eigenvalue weighted by Gasteiger charge is -2.22. The van der Waals surface area contributed by atoms with E-state index in [9.17, 15) is 14.4 Å². The van der Waals surface area contributed by atoms with Crippen LogP contribution in [0.2, 0.25) is 0 Å². The van der Waals surface area contributed by atoms with Gasteiger partial charge in [-0.3, -0.25) is 15.4 Å². The third kappa shape index (κ3) is 18.1. The van der Waals surface area contributed by atoms with E-state index in [1.54, 1.807) is 48.5 Å². The Labute approximate surface area is 190 Å². The number of carbonyl (C=O) groups is 3. The lowest BCUT2D eigenvalue weighted by atomic mass is 10.2. The molecule has 0 saturated carbocycles. The molecular formula is C21H38N4O7. The predicted molar refractivity (Wildman–Crippen MR) is 121 cm³/mol. The normalized spacial score (nSPS) is 11.2. The van der Waals surface area contributed by atoms with Gasteiger partial charge in [-0.1, -0.05) is 6.58 Å². The van der Waals surface area contributed by atoms with Crippen LogP contribution in [0.25, 0.3) is 0 Å². The molecule has 0 aromatic heterocycles. The molecule has 32 heavy (non-hydrogen) atoms. The minimum Gasteiger partial charge on any atom is -0.444 e. The molecule has 0 aliphatic carbocycles. The highest BCUT2D eigenvalue weighted by molar-refractivity contribution is 6.01. The summed E-state index contributed by atoms with van der Waals surface area (Å²) >= 11 is 0. The average molecular weight is 459 g/mol. The molecule has 0 aromatic carbocycles. The van der Waals surface area contributed by atoms with Gasteiger partial charge < -0.3 is 24.3 Å². The van der Waals surface area contributed by atoms with Gasteiger partial charge in [0, 0.05) is 12.1 Å². The molecule has 0 fully saturated rings. The quantitative estimate of drug-likeness (QED) is 0.197. The summed E-state index contributed by atoms with van der Waals surface area (Å²) in [6.07, 6.45) is -1.53. The fourth-order valence-corrected chi connectivity index (χ4v) is 1.84. The van der Waals surface area contributed by atoms with Gasteiger partial charge in [-0.15, -0.1) is 0 Å². The van der Waals surface area contributed by atoms with Crippen LogP contribution in [0.15, 0.2) is 17.1 Å². The minimum atomic E-state index is -0.764. The molecule has 0 spiro atoms. The first kappa shape index (κ1) is 29.3. The van der Waals surface area contributed by atoms with E-state index in [0.717, 1.165) is 0 Å². The number of amides is 3. The standard InChI is InChI=1S/C21H38N4O7/c1-15(2)16(26)22-9-11-29-13-14-30-12-10-23-17(24-18(27)31-20(3,4)5)25-19(28)32-21(6,7)8/h1,9-14H2,2-8H3,(H,22,26)(H2,23,24,25,27,28). The number of ether oxygens (including phenoxy) is 4. The van der Waals surface area contributed by atoms with Crippen molar-refractivity contribution >= 4 is 24.1 Å². The Morgan fingerprint density at radius 3 is 1.72 bits per heavy atom. The molecule has 3 amide bonds. The van der Waals surface area contributed by atoms with Crippen molar-refractivity contribution in [1.29, 1.82) is 0 Å². The van der Waals surface area contributed by atoms with Crippen LogP contribution in [0.3, 0.4) is 0 Å². The Bertz CT molecular complexity index is 632. The van der Waals surface area contributed by atoms with Crippen molar-refractivity contribution in [3.8, 4) is 0 Å². The number of alkyl carbamates (subject to hydrolysis) is 2. The van der Waals surface area contributed by atoms with Crippen LogP contribution in [-0.2, 0) is 23.7 Å². The highest BCUT2D eigenvalue weighted by Crippen LogP contribution is 2.07. The highest BCUT2D eigenvalue weighted by Gasteiger charge is 2.21. The lowest BCUT2D eigenvalue weighted by molar-refractivity contribution is -0.117. The van der Waals surface area contributed by atoms with E-state index >= 15 is 0 Å². The highest BCUT2D eigenvalue weighted by atomic mass is 16.6. The molecule has 0 saturated heterocycles. The van der Waals surface area contributed by atoms with Gasteiger partial charge in [-0.05, 0) is 48.5 Å². The van der Waals surface area contributed by atoms with Gasteiger partial charge >= 0.3 is 12.2 Å². The van der Waals surface area contributed by atoms with Crippen molar-refractivity contribution in [3.05, 3.63) is 12.2 Å². The van der Waals surface area contributed by atoms with E-state index in [2.05, 4.69) is 27.5 Å². The average Bonchev–Trinajstić information content (AvgIpc) is 2.59. The summed E-state index contributed by atoms with van der Waals surface area (Å²) in [4.78, 5) is 39.4. The summed E-state index contributed by atoms with van der Waals surface area (Å²) in [5.41, 5.74) is -0.981. The van der Waals surface area contributed by atoms with Crippen molar-refractivity contribution < 1.29 is 33.3 Å². The molecule has 0 heterocycles. The maximum absolute atomic E-state index is 12.0. The fourth-order valence-electron chi connectivity index (χ4n) is 1.84. The second-order valence-electron chi connectivity index (χ2n) is 8.75. The number of guanidine groups is 1. The van der Waals surface area contributed by atoms with E-state index < -0.39 is 23.4 Å². The smallest absolute Gasteiger partial charge is 0.414 e. The molecule has 3 N–H and O–H groups in total. The van der Waals surface area contributed by atoms with E-state index in [1.165, 1.54) is 0 Å². The van der Waals surface area contributed by atoms with E-state index in [1.807, 2.05) is 0 Å². The third-order valence-electron chi connectivity index (χ3n) is 3.04. The molecular weight excluding hydrogens is 420 g/mol. The van der Waals surface area contributed by atoms with E-state index in [4.69, 9.17) is 18.9 Å². The summed E-state index contributed by atoms with van der Waals surface area (Å²) in [5, 5.41) is 7.43. The summed E-state index contributed by atoms with van der Waals surface area (Å²) in [6.45, 7) is 17.3.